The lowest BCUT2D eigenvalue weighted by Gasteiger charge is -2.23. The smallest absolute Gasteiger partial charge is 0.222 e. The van der Waals surface area contributed by atoms with E-state index in [1.165, 1.54) is 6.42 Å². The molecule has 1 amide bonds. The number of carbonyl (C=O) groups is 1. The summed E-state index contributed by atoms with van der Waals surface area (Å²) in [5, 5.41) is 3.03. The molecule has 0 spiro atoms. The summed E-state index contributed by atoms with van der Waals surface area (Å²) in [6, 6.07) is 0. The van der Waals surface area contributed by atoms with Gasteiger partial charge in [-0.2, -0.15) is 0 Å². The highest BCUT2D eigenvalue weighted by Crippen LogP contribution is 2.19. The molecule has 1 N–H and O–H groups in total. The van der Waals surface area contributed by atoms with Crippen molar-refractivity contribution in [2.45, 2.75) is 48.0 Å². The SMILES string of the molecule is CC(C)CC(CNC(=O)C(C)C)C(C)C. The molecule has 0 aromatic rings. The quantitative estimate of drug-likeness (QED) is 0.722. The molecule has 0 aliphatic rings. The van der Waals surface area contributed by atoms with Crippen molar-refractivity contribution in [3.63, 3.8) is 0 Å². The van der Waals surface area contributed by atoms with E-state index in [1.54, 1.807) is 0 Å². The van der Waals surface area contributed by atoms with Crippen LogP contribution in [0.4, 0.5) is 0 Å². The Hall–Kier alpha value is -0.530. The van der Waals surface area contributed by atoms with Crippen LogP contribution in [-0.2, 0) is 4.79 Å². The van der Waals surface area contributed by atoms with E-state index in [4.69, 9.17) is 0 Å². The van der Waals surface area contributed by atoms with Gasteiger partial charge in [0.25, 0.3) is 0 Å². The van der Waals surface area contributed by atoms with Crippen molar-refractivity contribution in [1.82, 2.24) is 5.32 Å². The van der Waals surface area contributed by atoms with E-state index in [2.05, 4.69) is 33.0 Å². The number of rotatable bonds is 6. The minimum absolute atomic E-state index is 0.0943. The van der Waals surface area contributed by atoms with E-state index in [-0.39, 0.29) is 11.8 Å². The lowest BCUT2D eigenvalue weighted by Crippen LogP contribution is -2.34. The fraction of sp³-hybridized carbons (Fsp3) is 0.923. The molecule has 0 radical (unpaired) electrons. The van der Waals surface area contributed by atoms with E-state index >= 15 is 0 Å². The Morgan fingerprint density at radius 2 is 1.60 bits per heavy atom. The molecule has 0 aliphatic heterocycles. The van der Waals surface area contributed by atoms with Gasteiger partial charge in [0.2, 0.25) is 5.91 Å². The van der Waals surface area contributed by atoms with Crippen LogP contribution in [-0.4, -0.2) is 12.5 Å². The lowest BCUT2D eigenvalue weighted by atomic mass is 9.87. The van der Waals surface area contributed by atoms with Gasteiger partial charge >= 0.3 is 0 Å². The zero-order valence-electron chi connectivity index (χ0n) is 11.1. The average Bonchev–Trinajstić information content (AvgIpc) is 2.10. The average molecular weight is 213 g/mol. The van der Waals surface area contributed by atoms with Crippen molar-refractivity contribution < 1.29 is 4.79 Å². The summed E-state index contributed by atoms with van der Waals surface area (Å²) < 4.78 is 0. The van der Waals surface area contributed by atoms with Gasteiger partial charge in [0.05, 0.1) is 0 Å². The van der Waals surface area contributed by atoms with Crippen molar-refractivity contribution in [2.75, 3.05) is 6.54 Å². The molecule has 0 saturated heterocycles. The molecule has 2 nitrogen and oxygen atoms in total. The van der Waals surface area contributed by atoms with Gasteiger partial charge in [-0.15, -0.1) is 0 Å². The second-order valence-electron chi connectivity index (χ2n) is 5.53. The van der Waals surface area contributed by atoms with Gasteiger partial charge in [-0.05, 0) is 24.2 Å². The van der Waals surface area contributed by atoms with Crippen LogP contribution in [0.15, 0.2) is 0 Å². The fourth-order valence-electron chi connectivity index (χ4n) is 1.63. The Morgan fingerprint density at radius 1 is 1.07 bits per heavy atom. The summed E-state index contributed by atoms with van der Waals surface area (Å²) in [7, 11) is 0. The Kier molecular flexibility index (Phi) is 6.62. The third kappa shape index (κ3) is 6.53. The largest absolute Gasteiger partial charge is 0.356 e. The zero-order valence-corrected chi connectivity index (χ0v) is 11.1. The highest BCUT2D eigenvalue weighted by molar-refractivity contribution is 5.77. The number of carbonyl (C=O) groups excluding carboxylic acids is 1. The summed E-state index contributed by atoms with van der Waals surface area (Å²) in [6.45, 7) is 13.6. The van der Waals surface area contributed by atoms with Crippen LogP contribution in [0.25, 0.3) is 0 Å². The van der Waals surface area contributed by atoms with Crippen molar-refractivity contribution in [2.24, 2.45) is 23.7 Å². The van der Waals surface area contributed by atoms with Gasteiger partial charge in [-0.25, -0.2) is 0 Å². The van der Waals surface area contributed by atoms with Crippen LogP contribution >= 0.6 is 0 Å². The van der Waals surface area contributed by atoms with Gasteiger partial charge in [-0.3, -0.25) is 4.79 Å². The van der Waals surface area contributed by atoms with Crippen molar-refractivity contribution >= 4 is 5.91 Å². The van der Waals surface area contributed by atoms with E-state index in [0.717, 1.165) is 6.54 Å². The molecule has 0 fully saturated rings. The van der Waals surface area contributed by atoms with Crippen molar-refractivity contribution in [1.29, 1.82) is 0 Å². The summed E-state index contributed by atoms with van der Waals surface area (Å²) in [5.41, 5.74) is 0. The minimum atomic E-state index is 0.0943. The zero-order chi connectivity index (χ0) is 12.0. The highest BCUT2D eigenvalue weighted by Gasteiger charge is 2.16. The maximum absolute atomic E-state index is 11.4. The molecule has 0 aromatic carbocycles. The monoisotopic (exact) mass is 213 g/mol. The maximum Gasteiger partial charge on any atom is 0.222 e. The molecular weight excluding hydrogens is 186 g/mol. The predicted molar refractivity (Wildman–Crippen MR) is 65.6 cm³/mol. The Bertz CT molecular complexity index is 185. The standard InChI is InChI=1S/C13H27NO/c1-9(2)7-12(10(3)4)8-14-13(15)11(5)6/h9-12H,7-8H2,1-6H3,(H,14,15). The first-order valence-electron chi connectivity index (χ1n) is 6.12. The summed E-state index contributed by atoms with van der Waals surface area (Å²) >= 11 is 0. The van der Waals surface area contributed by atoms with Crippen molar-refractivity contribution in [3.8, 4) is 0 Å². The fourth-order valence-corrected chi connectivity index (χ4v) is 1.63. The van der Waals surface area contributed by atoms with E-state index in [9.17, 15) is 4.79 Å². The molecule has 0 heterocycles. The molecule has 15 heavy (non-hydrogen) atoms. The first-order valence-corrected chi connectivity index (χ1v) is 6.12. The first kappa shape index (κ1) is 14.5. The summed E-state index contributed by atoms with van der Waals surface area (Å²) in [6.07, 6.45) is 1.19. The molecule has 0 aromatic heterocycles. The molecule has 1 unspecified atom stereocenters. The molecule has 0 aliphatic carbocycles. The Balaban J connectivity index is 4.02. The maximum atomic E-state index is 11.4. The molecule has 0 bridgehead atoms. The second kappa shape index (κ2) is 6.86. The third-order valence-electron chi connectivity index (χ3n) is 2.78. The van der Waals surface area contributed by atoms with Crippen molar-refractivity contribution in [3.05, 3.63) is 0 Å². The van der Waals surface area contributed by atoms with Gasteiger partial charge in [0, 0.05) is 12.5 Å². The second-order valence-corrected chi connectivity index (χ2v) is 5.53. The highest BCUT2D eigenvalue weighted by atomic mass is 16.1. The predicted octanol–water partition coefficient (Wildman–Crippen LogP) is 3.08. The van der Waals surface area contributed by atoms with E-state index in [1.807, 2.05) is 13.8 Å². The molecule has 1 atom stereocenters. The number of hydrogen-bond donors (Lipinski definition) is 1. The van der Waals surface area contributed by atoms with E-state index in [0.29, 0.717) is 17.8 Å². The molecular formula is C13H27NO. The van der Waals surface area contributed by atoms with Gasteiger partial charge in [0.1, 0.15) is 0 Å². The van der Waals surface area contributed by atoms with Gasteiger partial charge < -0.3 is 5.32 Å². The molecule has 2 heteroatoms. The number of hydrogen-bond acceptors (Lipinski definition) is 1. The van der Waals surface area contributed by atoms with Crippen LogP contribution in [0, 0.1) is 23.7 Å². The van der Waals surface area contributed by atoms with Gasteiger partial charge in [0.15, 0.2) is 0 Å². The van der Waals surface area contributed by atoms with Crippen LogP contribution in [0.2, 0.25) is 0 Å². The minimum Gasteiger partial charge on any atom is -0.356 e. The molecule has 90 valence electrons. The lowest BCUT2D eigenvalue weighted by molar-refractivity contribution is -0.124. The Morgan fingerprint density at radius 3 is 1.93 bits per heavy atom. The van der Waals surface area contributed by atoms with Crippen LogP contribution in [0.5, 0.6) is 0 Å². The third-order valence-corrected chi connectivity index (χ3v) is 2.78. The van der Waals surface area contributed by atoms with Crippen LogP contribution in [0.3, 0.4) is 0 Å². The van der Waals surface area contributed by atoms with Crippen LogP contribution in [0.1, 0.15) is 48.0 Å². The van der Waals surface area contributed by atoms with Crippen LogP contribution < -0.4 is 5.32 Å². The summed E-state index contributed by atoms with van der Waals surface area (Å²) in [4.78, 5) is 11.4. The molecule has 0 saturated carbocycles. The number of nitrogens with one attached hydrogen (secondary N) is 1. The molecule has 0 rings (SSSR count). The summed E-state index contributed by atoms with van der Waals surface area (Å²) in [5.74, 6) is 2.21. The topological polar surface area (TPSA) is 29.1 Å². The first-order chi connectivity index (χ1) is 6.84. The number of amides is 1. The van der Waals surface area contributed by atoms with E-state index < -0.39 is 0 Å². The normalized spacial score (nSPS) is 13.7. The Labute approximate surface area is 94.8 Å². The van der Waals surface area contributed by atoms with Gasteiger partial charge in [-0.1, -0.05) is 41.5 Å².